The Bertz CT molecular complexity index is 393. The Hall–Kier alpha value is -1.34. The largest absolute Gasteiger partial charge is 0.302 e. The molecule has 1 heterocycles. The number of carbonyl (C=O) groups is 2. The number of rotatable bonds is 5. The van der Waals surface area contributed by atoms with Gasteiger partial charge in [-0.3, -0.25) is 14.5 Å². The lowest BCUT2D eigenvalue weighted by molar-refractivity contribution is -0.141. The first kappa shape index (κ1) is 14.1. The molecule has 2 amide bonds. The summed E-state index contributed by atoms with van der Waals surface area (Å²) >= 11 is 0. The zero-order valence-corrected chi connectivity index (χ0v) is 11.5. The average molecular weight is 262 g/mol. The van der Waals surface area contributed by atoms with Gasteiger partial charge in [-0.2, -0.15) is 0 Å². The van der Waals surface area contributed by atoms with Gasteiger partial charge in [-0.1, -0.05) is 19.8 Å². The van der Waals surface area contributed by atoms with Crippen LogP contribution in [0.1, 0.15) is 51.9 Å². The first-order chi connectivity index (χ1) is 9.17. The molecule has 2 rings (SSSR count). The number of nitrogens with one attached hydrogen (secondary N) is 1. The first-order valence-electron chi connectivity index (χ1n) is 7.22. The Kier molecular flexibility index (Phi) is 4.60. The molecular weight excluding hydrogens is 240 g/mol. The normalized spacial score (nSPS) is 25.9. The molecule has 19 heavy (non-hydrogen) atoms. The molecule has 1 saturated carbocycles. The molecule has 4 heteroatoms. The standard InChI is InChI=1S/C15H22N2O2/c1-3-7-11(4-2)16-13-10-14(18)17(15(13)19)12-8-5-6-9-12/h1,11-13,16H,4-10H2,2H3. The van der Waals surface area contributed by atoms with E-state index in [1.54, 1.807) is 0 Å². The molecule has 1 aliphatic carbocycles. The summed E-state index contributed by atoms with van der Waals surface area (Å²) in [5.74, 6) is 2.54. The maximum Gasteiger partial charge on any atom is 0.247 e. The fourth-order valence-corrected chi connectivity index (χ4v) is 3.08. The Labute approximate surface area is 114 Å². The molecule has 1 saturated heterocycles. The number of likely N-dealkylation sites (tertiary alicyclic amines) is 1. The van der Waals surface area contributed by atoms with Crippen LogP contribution in [0.2, 0.25) is 0 Å². The van der Waals surface area contributed by atoms with Crippen molar-refractivity contribution >= 4 is 11.8 Å². The van der Waals surface area contributed by atoms with Crippen molar-refractivity contribution in [2.24, 2.45) is 0 Å². The van der Waals surface area contributed by atoms with Crippen LogP contribution in [0.5, 0.6) is 0 Å². The van der Waals surface area contributed by atoms with Crippen molar-refractivity contribution in [1.29, 1.82) is 0 Å². The van der Waals surface area contributed by atoms with E-state index in [4.69, 9.17) is 6.42 Å². The lowest BCUT2D eigenvalue weighted by atomic mass is 10.1. The summed E-state index contributed by atoms with van der Waals surface area (Å²) in [6.45, 7) is 2.03. The van der Waals surface area contributed by atoms with Crippen LogP contribution in [-0.4, -0.2) is 34.8 Å². The van der Waals surface area contributed by atoms with Crippen molar-refractivity contribution < 1.29 is 9.59 Å². The van der Waals surface area contributed by atoms with Crippen molar-refractivity contribution in [3.8, 4) is 12.3 Å². The maximum absolute atomic E-state index is 12.3. The van der Waals surface area contributed by atoms with Crippen LogP contribution in [0.4, 0.5) is 0 Å². The molecule has 1 aliphatic heterocycles. The van der Waals surface area contributed by atoms with Crippen molar-refractivity contribution in [3.05, 3.63) is 0 Å². The number of amides is 2. The molecule has 1 N–H and O–H groups in total. The highest BCUT2D eigenvalue weighted by molar-refractivity contribution is 6.05. The molecule has 0 aromatic heterocycles. The van der Waals surface area contributed by atoms with Gasteiger partial charge in [0.1, 0.15) is 0 Å². The zero-order valence-electron chi connectivity index (χ0n) is 11.5. The van der Waals surface area contributed by atoms with Gasteiger partial charge in [0.15, 0.2) is 0 Å². The van der Waals surface area contributed by atoms with Crippen LogP contribution in [0, 0.1) is 12.3 Å². The summed E-state index contributed by atoms with van der Waals surface area (Å²) < 4.78 is 0. The van der Waals surface area contributed by atoms with Gasteiger partial charge < -0.3 is 5.32 Å². The highest BCUT2D eigenvalue weighted by Gasteiger charge is 2.43. The van der Waals surface area contributed by atoms with Gasteiger partial charge in [0.25, 0.3) is 0 Å². The van der Waals surface area contributed by atoms with E-state index in [1.165, 1.54) is 4.90 Å². The SMILES string of the molecule is C#CCC(CC)NC1CC(=O)N(C2CCCC2)C1=O. The topological polar surface area (TPSA) is 49.4 Å². The Morgan fingerprint density at radius 1 is 1.42 bits per heavy atom. The molecule has 104 valence electrons. The van der Waals surface area contributed by atoms with E-state index in [0.29, 0.717) is 6.42 Å². The molecule has 2 aliphatic rings. The van der Waals surface area contributed by atoms with Gasteiger partial charge >= 0.3 is 0 Å². The molecule has 4 nitrogen and oxygen atoms in total. The molecule has 2 fully saturated rings. The monoisotopic (exact) mass is 262 g/mol. The summed E-state index contributed by atoms with van der Waals surface area (Å²) in [5, 5.41) is 3.25. The van der Waals surface area contributed by atoms with Gasteiger partial charge in [0.05, 0.1) is 12.5 Å². The molecule has 0 radical (unpaired) electrons. The van der Waals surface area contributed by atoms with Crippen molar-refractivity contribution in [1.82, 2.24) is 10.2 Å². The molecule has 2 unspecified atom stereocenters. The summed E-state index contributed by atoms with van der Waals surface area (Å²) in [6, 6.07) is -0.110. The van der Waals surface area contributed by atoms with E-state index in [1.807, 2.05) is 6.92 Å². The van der Waals surface area contributed by atoms with Crippen molar-refractivity contribution in [3.63, 3.8) is 0 Å². The summed E-state index contributed by atoms with van der Waals surface area (Å²) in [5.41, 5.74) is 0. The predicted octanol–water partition coefficient (Wildman–Crippen LogP) is 1.45. The van der Waals surface area contributed by atoms with E-state index in [9.17, 15) is 9.59 Å². The van der Waals surface area contributed by atoms with Crippen molar-refractivity contribution in [2.45, 2.75) is 70.0 Å². The number of terminal acetylenes is 1. The maximum atomic E-state index is 12.3. The average Bonchev–Trinajstić information content (AvgIpc) is 2.98. The summed E-state index contributed by atoms with van der Waals surface area (Å²) in [7, 11) is 0. The highest BCUT2D eigenvalue weighted by atomic mass is 16.2. The smallest absolute Gasteiger partial charge is 0.247 e. The van der Waals surface area contributed by atoms with E-state index >= 15 is 0 Å². The molecule has 0 aromatic rings. The van der Waals surface area contributed by atoms with Crippen LogP contribution in [0.15, 0.2) is 0 Å². The summed E-state index contributed by atoms with van der Waals surface area (Å²) in [4.78, 5) is 25.9. The summed E-state index contributed by atoms with van der Waals surface area (Å²) in [6.07, 6.45) is 11.2. The fourth-order valence-electron chi connectivity index (χ4n) is 3.08. The van der Waals surface area contributed by atoms with Crippen molar-refractivity contribution in [2.75, 3.05) is 0 Å². The number of hydrogen-bond donors (Lipinski definition) is 1. The second-order valence-corrected chi connectivity index (χ2v) is 5.48. The van der Waals surface area contributed by atoms with Crippen LogP contribution in [0.3, 0.4) is 0 Å². The van der Waals surface area contributed by atoms with Gasteiger partial charge in [0, 0.05) is 18.5 Å². The molecule has 0 aromatic carbocycles. The van der Waals surface area contributed by atoms with Crippen LogP contribution < -0.4 is 5.32 Å². The molecule has 0 bridgehead atoms. The van der Waals surface area contributed by atoms with Crippen LogP contribution in [0.25, 0.3) is 0 Å². The minimum Gasteiger partial charge on any atom is -0.302 e. The van der Waals surface area contributed by atoms with E-state index in [2.05, 4.69) is 11.2 Å². The van der Waals surface area contributed by atoms with E-state index in [-0.39, 0.29) is 36.4 Å². The molecular formula is C15H22N2O2. The minimum atomic E-state index is -0.369. The van der Waals surface area contributed by atoms with Gasteiger partial charge in [0.2, 0.25) is 11.8 Å². The predicted molar refractivity (Wildman–Crippen MR) is 73.2 cm³/mol. The number of nitrogens with zero attached hydrogens (tertiary/aromatic N) is 1. The highest BCUT2D eigenvalue weighted by Crippen LogP contribution is 2.28. The third-order valence-corrected chi connectivity index (χ3v) is 4.17. The quantitative estimate of drug-likeness (QED) is 0.602. The third-order valence-electron chi connectivity index (χ3n) is 4.17. The van der Waals surface area contributed by atoms with E-state index in [0.717, 1.165) is 32.1 Å². The number of carbonyl (C=O) groups excluding carboxylic acids is 2. The minimum absolute atomic E-state index is 0.0232. The van der Waals surface area contributed by atoms with Gasteiger partial charge in [-0.25, -0.2) is 0 Å². The second-order valence-electron chi connectivity index (χ2n) is 5.48. The zero-order chi connectivity index (χ0) is 13.8. The Morgan fingerprint density at radius 2 is 2.11 bits per heavy atom. The molecule has 2 atom stereocenters. The van der Waals surface area contributed by atoms with Gasteiger partial charge in [-0.15, -0.1) is 12.3 Å². The second kappa shape index (κ2) is 6.21. The molecule has 0 spiro atoms. The van der Waals surface area contributed by atoms with Gasteiger partial charge in [-0.05, 0) is 19.3 Å². The van der Waals surface area contributed by atoms with Crippen LogP contribution in [-0.2, 0) is 9.59 Å². The Balaban J connectivity index is 1.99. The fraction of sp³-hybridized carbons (Fsp3) is 0.733. The van der Waals surface area contributed by atoms with Crippen LogP contribution >= 0.6 is 0 Å². The van der Waals surface area contributed by atoms with E-state index < -0.39 is 0 Å². The first-order valence-corrected chi connectivity index (χ1v) is 7.22. The third kappa shape index (κ3) is 2.98. The number of hydrogen-bond acceptors (Lipinski definition) is 3. The lowest BCUT2D eigenvalue weighted by Crippen LogP contribution is -2.45. The Morgan fingerprint density at radius 3 is 2.68 bits per heavy atom. The lowest BCUT2D eigenvalue weighted by Gasteiger charge is -2.23. The number of imide groups is 1.